The van der Waals surface area contributed by atoms with E-state index in [0.717, 1.165) is 6.07 Å². The number of sulfone groups is 1. The summed E-state index contributed by atoms with van der Waals surface area (Å²) in [7, 11) is -4.11. The largest absolute Gasteiger partial charge is 0.331 e. The molecule has 1 aliphatic rings. The maximum atomic E-state index is 14.1. The second-order valence-electron chi connectivity index (χ2n) is 5.71. The van der Waals surface area contributed by atoms with Gasteiger partial charge in [-0.1, -0.05) is 54.6 Å². The third kappa shape index (κ3) is 2.37. The normalized spacial score (nSPS) is 17.0. The highest BCUT2D eigenvalue weighted by atomic mass is 32.2. The number of hydrogen-bond acceptors (Lipinski definition) is 4. The van der Waals surface area contributed by atoms with E-state index in [0.29, 0.717) is 10.9 Å². The van der Waals surface area contributed by atoms with Crippen molar-refractivity contribution in [2.24, 2.45) is 0 Å². The fourth-order valence-corrected chi connectivity index (χ4v) is 5.05. The molecular formula is C19H15FO4S. The minimum atomic E-state index is -4.11. The summed E-state index contributed by atoms with van der Waals surface area (Å²) in [6, 6.07) is 17.4. The minimum Gasteiger partial charge on any atom is -0.331 e. The molecule has 4 rings (SSSR count). The van der Waals surface area contributed by atoms with Gasteiger partial charge in [0.15, 0.2) is 0 Å². The number of rotatable bonds is 3. The lowest BCUT2D eigenvalue weighted by atomic mass is 10.1. The van der Waals surface area contributed by atoms with Crippen molar-refractivity contribution in [3.05, 3.63) is 78.1 Å². The molecular weight excluding hydrogens is 343 g/mol. The molecule has 0 spiro atoms. The summed E-state index contributed by atoms with van der Waals surface area (Å²) in [4.78, 5) is -0.0183. The Bertz CT molecular complexity index is 1030. The molecule has 0 unspecified atom stereocenters. The van der Waals surface area contributed by atoms with E-state index >= 15 is 0 Å². The van der Waals surface area contributed by atoms with Crippen LogP contribution in [0.1, 0.15) is 5.56 Å². The van der Waals surface area contributed by atoms with Crippen LogP contribution in [0.15, 0.2) is 71.6 Å². The third-order valence-electron chi connectivity index (χ3n) is 4.27. The lowest BCUT2D eigenvalue weighted by Gasteiger charge is -2.28. The molecule has 4 nitrogen and oxygen atoms in total. The maximum Gasteiger partial charge on any atom is 0.306 e. The van der Waals surface area contributed by atoms with Crippen molar-refractivity contribution in [2.75, 3.05) is 13.2 Å². The molecule has 0 atom stereocenters. The maximum absolute atomic E-state index is 14.1. The van der Waals surface area contributed by atoms with Gasteiger partial charge in [-0.25, -0.2) is 12.8 Å². The second kappa shape index (κ2) is 5.91. The van der Waals surface area contributed by atoms with Gasteiger partial charge in [0.25, 0.3) is 0 Å². The van der Waals surface area contributed by atoms with Crippen LogP contribution in [-0.2, 0) is 24.4 Å². The fraction of sp³-hybridized carbons (Fsp3) is 0.158. The average molecular weight is 358 g/mol. The van der Waals surface area contributed by atoms with Crippen molar-refractivity contribution in [1.29, 1.82) is 0 Å². The Labute approximate surface area is 144 Å². The van der Waals surface area contributed by atoms with E-state index in [2.05, 4.69) is 0 Å². The predicted molar refractivity (Wildman–Crippen MR) is 91.1 cm³/mol. The summed E-state index contributed by atoms with van der Waals surface area (Å²) >= 11 is 0. The van der Waals surface area contributed by atoms with Gasteiger partial charge in [-0.05, 0) is 12.1 Å². The summed E-state index contributed by atoms with van der Waals surface area (Å²) in [5, 5.41) is -1.38. The van der Waals surface area contributed by atoms with E-state index < -0.39 is 20.8 Å². The van der Waals surface area contributed by atoms with Crippen LogP contribution in [0.4, 0.5) is 4.39 Å². The van der Waals surface area contributed by atoms with E-state index in [1.54, 1.807) is 54.6 Å². The highest BCUT2D eigenvalue weighted by Crippen LogP contribution is 2.42. The van der Waals surface area contributed by atoms with Crippen LogP contribution in [0, 0.1) is 5.82 Å². The van der Waals surface area contributed by atoms with Crippen molar-refractivity contribution < 1.29 is 22.3 Å². The average Bonchev–Trinajstić information content (AvgIpc) is 3.14. The van der Waals surface area contributed by atoms with Crippen LogP contribution < -0.4 is 0 Å². The quantitative estimate of drug-likeness (QED) is 0.671. The summed E-state index contributed by atoms with van der Waals surface area (Å²) in [6.45, 7) is 0.320. The van der Waals surface area contributed by atoms with Gasteiger partial charge >= 0.3 is 5.12 Å². The van der Waals surface area contributed by atoms with Crippen LogP contribution >= 0.6 is 0 Å². The Morgan fingerprint density at radius 1 is 0.800 bits per heavy atom. The van der Waals surface area contributed by atoms with Gasteiger partial charge in [-0.3, -0.25) is 0 Å². The summed E-state index contributed by atoms with van der Waals surface area (Å²) in [5.41, 5.74) is 0.390. The van der Waals surface area contributed by atoms with E-state index in [-0.39, 0.29) is 23.5 Å². The Hall–Kier alpha value is -2.28. The van der Waals surface area contributed by atoms with Gasteiger partial charge in [0.1, 0.15) is 5.82 Å². The van der Waals surface area contributed by atoms with Gasteiger partial charge in [-0.15, -0.1) is 0 Å². The van der Waals surface area contributed by atoms with Crippen molar-refractivity contribution >= 4 is 20.6 Å². The Kier molecular flexibility index (Phi) is 3.83. The predicted octanol–water partition coefficient (Wildman–Crippen LogP) is 3.61. The molecule has 0 amide bonds. The first-order valence-electron chi connectivity index (χ1n) is 7.81. The molecule has 1 saturated heterocycles. The van der Waals surface area contributed by atoms with Gasteiger partial charge < -0.3 is 9.47 Å². The van der Waals surface area contributed by atoms with Gasteiger partial charge in [0, 0.05) is 16.3 Å². The van der Waals surface area contributed by atoms with Gasteiger partial charge in [0.2, 0.25) is 9.84 Å². The monoisotopic (exact) mass is 358 g/mol. The van der Waals surface area contributed by atoms with Crippen LogP contribution in [0.25, 0.3) is 10.8 Å². The fourth-order valence-electron chi connectivity index (χ4n) is 3.13. The van der Waals surface area contributed by atoms with Gasteiger partial charge in [0.05, 0.1) is 18.1 Å². The van der Waals surface area contributed by atoms with E-state index in [1.165, 1.54) is 6.07 Å². The SMILES string of the molecule is O=S(=O)(c1ccc(F)c2ccccc12)C1(c2ccccc2)OCCO1. The van der Waals surface area contributed by atoms with Crippen molar-refractivity contribution in [3.63, 3.8) is 0 Å². The van der Waals surface area contributed by atoms with Crippen LogP contribution in [0.2, 0.25) is 0 Å². The first-order valence-corrected chi connectivity index (χ1v) is 9.30. The number of halogens is 1. The second-order valence-corrected chi connectivity index (χ2v) is 7.70. The lowest BCUT2D eigenvalue weighted by Crippen LogP contribution is -2.37. The molecule has 1 aliphatic heterocycles. The molecule has 0 aliphatic carbocycles. The summed E-state index contributed by atoms with van der Waals surface area (Å²) in [5.74, 6) is -0.475. The highest BCUT2D eigenvalue weighted by molar-refractivity contribution is 7.92. The van der Waals surface area contributed by atoms with E-state index in [9.17, 15) is 12.8 Å². The Morgan fingerprint density at radius 2 is 1.40 bits per heavy atom. The van der Waals surface area contributed by atoms with Gasteiger partial charge in [-0.2, -0.15) is 0 Å². The number of hydrogen-bond donors (Lipinski definition) is 0. The molecule has 0 N–H and O–H groups in total. The number of benzene rings is 3. The Morgan fingerprint density at radius 3 is 2.08 bits per heavy atom. The molecule has 3 aromatic rings. The van der Waals surface area contributed by atoms with Crippen LogP contribution in [0.5, 0.6) is 0 Å². The van der Waals surface area contributed by atoms with Crippen LogP contribution in [0.3, 0.4) is 0 Å². The van der Waals surface area contributed by atoms with Crippen molar-refractivity contribution in [1.82, 2.24) is 0 Å². The number of ether oxygens (including phenoxy) is 2. The zero-order valence-corrected chi connectivity index (χ0v) is 14.0. The zero-order chi connectivity index (χ0) is 17.5. The molecule has 1 heterocycles. The van der Waals surface area contributed by atoms with E-state index in [1.807, 2.05) is 0 Å². The molecule has 0 bridgehead atoms. The van der Waals surface area contributed by atoms with E-state index in [4.69, 9.17) is 9.47 Å². The smallest absolute Gasteiger partial charge is 0.306 e. The van der Waals surface area contributed by atoms with Crippen LogP contribution in [-0.4, -0.2) is 21.6 Å². The molecule has 0 radical (unpaired) electrons. The molecule has 1 fully saturated rings. The Balaban J connectivity index is 2.00. The first-order chi connectivity index (χ1) is 12.1. The molecule has 25 heavy (non-hydrogen) atoms. The first kappa shape index (κ1) is 16.2. The standard InChI is InChI=1S/C19H15FO4S/c20-17-10-11-18(16-9-5-4-8-15(16)17)25(21,22)19(23-12-13-24-19)14-6-2-1-3-7-14/h1-11H,12-13H2. The summed E-state index contributed by atoms with van der Waals surface area (Å²) < 4.78 is 52.4. The molecule has 6 heteroatoms. The summed E-state index contributed by atoms with van der Waals surface area (Å²) in [6.07, 6.45) is 0. The van der Waals surface area contributed by atoms with Crippen molar-refractivity contribution in [2.45, 2.75) is 10.0 Å². The molecule has 0 saturated carbocycles. The highest BCUT2D eigenvalue weighted by Gasteiger charge is 2.52. The third-order valence-corrected chi connectivity index (χ3v) is 6.38. The minimum absolute atomic E-state index is 0.0183. The van der Waals surface area contributed by atoms with Crippen molar-refractivity contribution in [3.8, 4) is 0 Å². The lowest BCUT2D eigenvalue weighted by molar-refractivity contribution is -0.0902. The molecule has 3 aromatic carbocycles. The topological polar surface area (TPSA) is 52.6 Å². The number of fused-ring (bicyclic) bond motifs is 1. The molecule has 0 aromatic heterocycles. The molecule has 128 valence electrons. The zero-order valence-electron chi connectivity index (χ0n) is 13.2.